The molecule has 0 radical (unpaired) electrons. The van der Waals surface area contributed by atoms with Gasteiger partial charge in [0.15, 0.2) is 6.10 Å². The highest BCUT2D eigenvalue weighted by Crippen LogP contribution is 2.22. The van der Waals surface area contributed by atoms with E-state index in [9.17, 15) is 4.79 Å². The van der Waals surface area contributed by atoms with Crippen LogP contribution in [0.2, 0.25) is 0 Å². The molecule has 130 valence electrons. The zero-order valence-corrected chi connectivity index (χ0v) is 15.0. The molecule has 0 saturated heterocycles. The third-order valence-corrected chi connectivity index (χ3v) is 4.27. The number of fused-ring (bicyclic) bond motifs is 1. The van der Waals surface area contributed by atoms with Crippen LogP contribution in [0.5, 0.6) is 0 Å². The quantitative estimate of drug-likeness (QED) is 0.571. The fraction of sp³-hybridized carbons (Fsp3) is 0.292. The molecule has 0 spiro atoms. The van der Waals surface area contributed by atoms with Crippen LogP contribution in [0.15, 0.2) is 48.0 Å². The standard InChI is InChI=1S/C24H22O2/c1-2-24(25)26-23-17-8-6-4-3-5-7-13-21(23)18-20-15-11-14-19-12-9-10-16-22(19)20/h9-12,14-16,18,23H,2-6H2,1H3. The Balaban J connectivity index is 2.07. The average molecular weight is 342 g/mol. The number of hydrogen-bond acceptors (Lipinski definition) is 2. The summed E-state index contributed by atoms with van der Waals surface area (Å²) in [7, 11) is 0. The summed E-state index contributed by atoms with van der Waals surface area (Å²) in [5.74, 6) is 12.4. The average Bonchev–Trinajstić information content (AvgIpc) is 2.68. The minimum absolute atomic E-state index is 0.257. The van der Waals surface area contributed by atoms with E-state index >= 15 is 0 Å². The van der Waals surface area contributed by atoms with E-state index in [4.69, 9.17) is 4.74 Å². The molecule has 0 N–H and O–H groups in total. The molecule has 0 amide bonds. The number of hydrogen-bond donors (Lipinski definition) is 0. The van der Waals surface area contributed by atoms with Crippen LogP contribution in [0.1, 0.15) is 44.6 Å². The summed E-state index contributed by atoms with van der Waals surface area (Å²) in [5, 5.41) is 2.32. The van der Waals surface area contributed by atoms with Crippen LogP contribution >= 0.6 is 0 Å². The molecule has 0 aliphatic heterocycles. The van der Waals surface area contributed by atoms with E-state index in [2.05, 4.69) is 47.9 Å². The summed E-state index contributed by atoms with van der Waals surface area (Å²) in [6.07, 6.45) is 5.45. The Morgan fingerprint density at radius 3 is 2.73 bits per heavy atom. The predicted octanol–water partition coefficient (Wildman–Crippen LogP) is 5.13. The topological polar surface area (TPSA) is 26.3 Å². The first-order chi connectivity index (χ1) is 12.8. The first-order valence-corrected chi connectivity index (χ1v) is 9.14. The molecule has 3 rings (SSSR count). The number of rotatable bonds is 3. The van der Waals surface area contributed by atoms with Crippen LogP contribution < -0.4 is 0 Å². The number of esters is 1. The smallest absolute Gasteiger partial charge is 0.307 e. The zero-order chi connectivity index (χ0) is 18.2. The summed E-state index contributed by atoms with van der Waals surface area (Å²) in [6, 6.07) is 14.4. The molecule has 1 aliphatic carbocycles. The van der Waals surface area contributed by atoms with Crippen molar-refractivity contribution in [3.05, 3.63) is 53.6 Å². The molecule has 0 aromatic heterocycles. The lowest BCUT2D eigenvalue weighted by Gasteiger charge is -2.13. The fourth-order valence-electron chi connectivity index (χ4n) is 2.86. The van der Waals surface area contributed by atoms with Crippen molar-refractivity contribution in [1.29, 1.82) is 0 Å². The SMILES string of the molecule is CCC(=O)OC1C#CCCCCC#CC1=Cc1cccc2ccccc12. The molecule has 1 unspecified atom stereocenters. The Morgan fingerprint density at radius 1 is 1.12 bits per heavy atom. The van der Waals surface area contributed by atoms with Gasteiger partial charge in [0.1, 0.15) is 0 Å². The normalized spacial score (nSPS) is 18.3. The number of carbonyl (C=O) groups is 1. The van der Waals surface area contributed by atoms with Gasteiger partial charge < -0.3 is 4.74 Å². The first kappa shape index (κ1) is 17.8. The Bertz CT molecular complexity index is 939. The molecule has 1 aliphatic rings. The van der Waals surface area contributed by atoms with Crippen LogP contribution in [0.25, 0.3) is 16.8 Å². The minimum Gasteiger partial charge on any atom is -0.443 e. The molecule has 2 aromatic rings. The van der Waals surface area contributed by atoms with Crippen molar-refractivity contribution >= 4 is 22.8 Å². The van der Waals surface area contributed by atoms with Gasteiger partial charge in [0.05, 0.1) is 5.57 Å². The van der Waals surface area contributed by atoms with Gasteiger partial charge in [-0.2, -0.15) is 0 Å². The molecule has 2 heteroatoms. The molecule has 0 bridgehead atoms. The van der Waals surface area contributed by atoms with Gasteiger partial charge in [0.25, 0.3) is 0 Å². The second-order valence-corrected chi connectivity index (χ2v) is 6.22. The predicted molar refractivity (Wildman–Crippen MR) is 106 cm³/mol. The van der Waals surface area contributed by atoms with Gasteiger partial charge in [-0.3, -0.25) is 4.79 Å². The van der Waals surface area contributed by atoms with Gasteiger partial charge in [-0.05, 0) is 35.3 Å². The summed E-state index contributed by atoms with van der Waals surface area (Å²) < 4.78 is 5.59. The number of benzene rings is 2. The second-order valence-electron chi connectivity index (χ2n) is 6.22. The van der Waals surface area contributed by atoms with Gasteiger partial charge in [-0.25, -0.2) is 0 Å². The maximum absolute atomic E-state index is 11.9. The Hall–Kier alpha value is -2.97. The Kier molecular flexibility index (Phi) is 6.13. The summed E-state index contributed by atoms with van der Waals surface area (Å²) in [5.41, 5.74) is 1.81. The van der Waals surface area contributed by atoms with Crippen molar-refractivity contribution < 1.29 is 9.53 Å². The van der Waals surface area contributed by atoms with Gasteiger partial charge in [0.2, 0.25) is 0 Å². The van der Waals surface area contributed by atoms with Crippen molar-refractivity contribution in [2.45, 2.75) is 45.1 Å². The summed E-state index contributed by atoms with van der Waals surface area (Å²) in [4.78, 5) is 11.9. The van der Waals surface area contributed by atoms with Crippen molar-refractivity contribution in [2.75, 3.05) is 0 Å². The number of ether oxygens (including phenoxy) is 1. The van der Waals surface area contributed by atoms with Crippen molar-refractivity contribution in [1.82, 2.24) is 0 Å². The largest absolute Gasteiger partial charge is 0.443 e. The lowest BCUT2D eigenvalue weighted by atomic mass is 10.00. The third kappa shape index (κ3) is 4.56. The second kappa shape index (κ2) is 8.93. The van der Waals surface area contributed by atoms with E-state index in [1.807, 2.05) is 24.3 Å². The van der Waals surface area contributed by atoms with Crippen LogP contribution in [0.4, 0.5) is 0 Å². The summed E-state index contributed by atoms with van der Waals surface area (Å²) >= 11 is 0. The monoisotopic (exact) mass is 342 g/mol. The molecular formula is C24H22O2. The lowest BCUT2D eigenvalue weighted by Crippen LogP contribution is -2.18. The lowest BCUT2D eigenvalue weighted by molar-refractivity contribution is -0.144. The molecule has 0 heterocycles. The van der Waals surface area contributed by atoms with Crippen molar-refractivity contribution in [3.63, 3.8) is 0 Å². The minimum atomic E-state index is -0.605. The third-order valence-electron chi connectivity index (χ3n) is 4.27. The Labute approximate surface area is 155 Å². The molecule has 0 fully saturated rings. The van der Waals surface area contributed by atoms with Gasteiger partial charge in [-0.1, -0.05) is 73.1 Å². The highest BCUT2D eigenvalue weighted by molar-refractivity contribution is 5.91. The van der Waals surface area contributed by atoms with E-state index < -0.39 is 6.10 Å². The van der Waals surface area contributed by atoms with E-state index in [0.29, 0.717) is 6.42 Å². The molecule has 1 atom stereocenters. The van der Waals surface area contributed by atoms with Gasteiger partial charge >= 0.3 is 5.97 Å². The molecular weight excluding hydrogens is 320 g/mol. The fourth-order valence-corrected chi connectivity index (χ4v) is 2.86. The Morgan fingerprint density at radius 2 is 1.88 bits per heavy atom. The van der Waals surface area contributed by atoms with Crippen LogP contribution in [-0.4, -0.2) is 12.1 Å². The molecule has 2 aromatic carbocycles. The molecule has 0 saturated carbocycles. The first-order valence-electron chi connectivity index (χ1n) is 9.14. The van der Waals surface area contributed by atoms with Crippen LogP contribution in [-0.2, 0) is 9.53 Å². The highest BCUT2D eigenvalue weighted by atomic mass is 16.5. The van der Waals surface area contributed by atoms with Crippen molar-refractivity contribution in [3.8, 4) is 23.7 Å². The van der Waals surface area contributed by atoms with E-state index in [1.54, 1.807) is 6.92 Å². The van der Waals surface area contributed by atoms with E-state index in [-0.39, 0.29) is 5.97 Å². The van der Waals surface area contributed by atoms with E-state index in [1.165, 1.54) is 5.39 Å². The van der Waals surface area contributed by atoms with Gasteiger partial charge in [0, 0.05) is 19.3 Å². The molecule has 26 heavy (non-hydrogen) atoms. The summed E-state index contributed by atoms with van der Waals surface area (Å²) in [6.45, 7) is 1.79. The zero-order valence-electron chi connectivity index (χ0n) is 15.0. The maximum atomic E-state index is 11.9. The van der Waals surface area contributed by atoms with Crippen LogP contribution in [0, 0.1) is 23.7 Å². The molecule has 2 nitrogen and oxygen atoms in total. The maximum Gasteiger partial charge on any atom is 0.307 e. The number of carbonyl (C=O) groups excluding carboxylic acids is 1. The van der Waals surface area contributed by atoms with Crippen molar-refractivity contribution in [2.24, 2.45) is 0 Å². The van der Waals surface area contributed by atoms with E-state index in [0.717, 1.165) is 42.2 Å². The highest BCUT2D eigenvalue weighted by Gasteiger charge is 2.16. The van der Waals surface area contributed by atoms with Crippen LogP contribution in [0.3, 0.4) is 0 Å². The van der Waals surface area contributed by atoms with Gasteiger partial charge in [-0.15, -0.1) is 0 Å².